The number of thiophene rings is 1. The van der Waals surface area contributed by atoms with E-state index < -0.39 is 9.84 Å². The summed E-state index contributed by atoms with van der Waals surface area (Å²) in [6.07, 6.45) is 1.30. The molecule has 1 aromatic heterocycles. The average molecular weight is 242 g/mol. The average Bonchev–Trinajstić information content (AvgIpc) is 2.66. The Kier molecular flexibility index (Phi) is 3.50. The second-order valence-corrected chi connectivity index (χ2v) is 5.73. The lowest BCUT2D eigenvalue weighted by molar-refractivity contribution is 0.559. The molecule has 0 aromatic carbocycles. The van der Waals surface area contributed by atoms with E-state index in [-0.39, 0.29) is 9.80 Å². The van der Waals surface area contributed by atoms with Gasteiger partial charge in [0.15, 0.2) is 4.91 Å². The molecule has 0 aliphatic carbocycles. The van der Waals surface area contributed by atoms with Gasteiger partial charge in [0.2, 0.25) is 9.84 Å². The maximum Gasteiger partial charge on any atom is 0.218 e. The Bertz CT molecular complexity index is 493. The molecule has 0 N–H and O–H groups in total. The first-order valence-corrected chi connectivity index (χ1v) is 6.46. The van der Waals surface area contributed by atoms with Crippen molar-refractivity contribution in [2.75, 3.05) is 14.1 Å². The van der Waals surface area contributed by atoms with E-state index in [1.54, 1.807) is 25.5 Å². The lowest BCUT2D eigenvalue weighted by atomic mass is 10.6. The van der Waals surface area contributed by atoms with Gasteiger partial charge in [-0.2, -0.15) is 16.6 Å². The van der Waals surface area contributed by atoms with Crippen molar-refractivity contribution in [3.63, 3.8) is 0 Å². The fourth-order valence-electron chi connectivity index (χ4n) is 0.925. The molecule has 0 unspecified atom stereocenters. The molecule has 0 saturated heterocycles. The number of sulfone groups is 1. The van der Waals surface area contributed by atoms with Crippen molar-refractivity contribution in [1.82, 2.24) is 4.90 Å². The highest BCUT2D eigenvalue weighted by molar-refractivity contribution is 7.95. The normalized spacial score (nSPS) is 12.2. The number of rotatable bonds is 3. The summed E-state index contributed by atoms with van der Waals surface area (Å²) in [5.74, 6) is 0. The van der Waals surface area contributed by atoms with Gasteiger partial charge in [-0.05, 0) is 11.4 Å². The first-order valence-electron chi connectivity index (χ1n) is 4.04. The third kappa shape index (κ3) is 2.58. The van der Waals surface area contributed by atoms with Crippen LogP contribution in [0.2, 0.25) is 0 Å². The van der Waals surface area contributed by atoms with Crippen LogP contribution in [0, 0.1) is 11.3 Å². The summed E-state index contributed by atoms with van der Waals surface area (Å²) in [6.45, 7) is 0. The van der Waals surface area contributed by atoms with Gasteiger partial charge in [-0.3, -0.25) is 0 Å². The molecular weight excluding hydrogens is 232 g/mol. The summed E-state index contributed by atoms with van der Waals surface area (Å²) in [5, 5.41) is 12.0. The molecule has 0 aliphatic rings. The number of hydrogen-bond acceptors (Lipinski definition) is 5. The predicted molar refractivity (Wildman–Crippen MR) is 58.9 cm³/mol. The van der Waals surface area contributed by atoms with Crippen LogP contribution < -0.4 is 0 Å². The van der Waals surface area contributed by atoms with E-state index in [2.05, 4.69) is 0 Å². The number of hydrogen-bond donors (Lipinski definition) is 0. The molecule has 15 heavy (non-hydrogen) atoms. The number of allylic oxidation sites excluding steroid dienone is 1. The van der Waals surface area contributed by atoms with E-state index in [0.29, 0.717) is 0 Å². The van der Waals surface area contributed by atoms with Crippen LogP contribution in [-0.2, 0) is 9.84 Å². The van der Waals surface area contributed by atoms with Crippen LogP contribution in [0.3, 0.4) is 0 Å². The highest BCUT2D eigenvalue weighted by Gasteiger charge is 2.21. The third-order valence-electron chi connectivity index (χ3n) is 1.58. The SMILES string of the molecule is CN(C)C=C(C#N)S(=O)(=O)c1ccsc1. The van der Waals surface area contributed by atoms with Crippen molar-refractivity contribution in [3.8, 4) is 6.07 Å². The molecule has 80 valence electrons. The highest BCUT2D eigenvalue weighted by Crippen LogP contribution is 2.21. The standard InChI is InChI=1S/C9H10N2O2S2/c1-11(2)6-9(5-10)15(12,13)8-3-4-14-7-8/h3-4,6-7H,1-2H3. The topological polar surface area (TPSA) is 61.2 Å². The molecule has 0 aliphatic heterocycles. The monoisotopic (exact) mass is 242 g/mol. The molecule has 0 atom stereocenters. The van der Waals surface area contributed by atoms with Crippen molar-refractivity contribution < 1.29 is 8.42 Å². The lowest BCUT2D eigenvalue weighted by Gasteiger charge is -2.06. The number of nitrogens with zero attached hydrogens (tertiary/aromatic N) is 2. The zero-order chi connectivity index (χ0) is 11.5. The van der Waals surface area contributed by atoms with Crippen molar-refractivity contribution in [2.45, 2.75) is 4.90 Å². The van der Waals surface area contributed by atoms with Gasteiger partial charge in [0, 0.05) is 25.7 Å². The van der Waals surface area contributed by atoms with Crippen LogP contribution in [0.25, 0.3) is 0 Å². The largest absolute Gasteiger partial charge is 0.382 e. The maximum atomic E-state index is 11.8. The Balaban J connectivity index is 3.23. The Hall–Kier alpha value is -1.32. The van der Waals surface area contributed by atoms with Gasteiger partial charge in [-0.15, -0.1) is 0 Å². The summed E-state index contributed by atoms with van der Waals surface area (Å²) in [7, 11) is -0.300. The van der Waals surface area contributed by atoms with Gasteiger partial charge < -0.3 is 4.90 Å². The van der Waals surface area contributed by atoms with Crippen molar-refractivity contribution in [1.29, 1.82) is 5.26 Å². The Morgan fingerprint density at radius 3 is 2.67 bits per heavy atom. The lowest BCUT2D eigenvalue weighted by Crippen LogP contribution is -2.08. The van der Waals surface area contributed by atoms with E-state index in [9.17, 15) is 8.42 Å². The molecule has 4 nitrogen and oxygen atoms in total. The molecule has 6 heteroatoms. The van der Waals surface area contributed by atoms with Crippen LogP contribution in [-0.4, -0.2) is 27.4 Å². The van der Waals surface area contributed by atoms with Crippen LogP contribution in [0.1, 0.15) is 0 Å². The van der Waals surface area contributed by atoms with E-state index in [1.165, 1.54) is 33.9 Å². The molecule has 0 saturated carbocycles. The molecular formula is C9H10N2O2S2. The molecule has 0 fully saturated rings. The summed E-state index contributed by atoms with van der Waals surface area (Å²) in [6, 6.07) is 3.18. The fourth-order valence-corrected chi connectivity index (χ4v) is 3.17. The molecule has 0 radical (unpaired) electrons. The van der Waals surface area contributed by atoms with E-state index in [0.717, 1.165) is 0 Å². The third-order valence-corrected chi connectivity index (χ3v) is 4.06. The predicted octanol–water partition coefficient (Wildman–Crippen LogP) is 1.45. The first-order chi connectivity index (χ1) is 6.98. The Labute approximate surface area is 93.0 Å². The van der Waals surface area contributed by atoms with Crippen molar-refractivity contribution >= 4 is 21.2 Å². The fraction of sp³-hybridized carbons (Fsp3) is 0.222. The minimum absolute atomic E-state index is 0.169. The van der Waals surface area contributed by atoms with E-state index in [1.807, 2.05) is 0 Å². The highest BCUT2D eigenvalue weighted by atomic mass is 32.2. The smallest absolute Gasteiger partial charge is 0.218 e. The molecule has 1 heterocycles. The van der Waals surface area contributed by atoms with Crippen LogP contribution in [0.15, 0.2) is 32.8 Å². The summed E-state index contributed by atoms with van der Waals surface area (Å²) < 4.78 is 23.7. The van der Waals surface area contributed by atoms with E-state index in [4.69, 9.17) is 5.26 Å². The van der Waals surface area contributed by atoms with Crippen LogP contribution in [0.5, 0.6) is 0 Å². The van der Waals surface area contributed by atoms with Gasteiger partial charge in [0.1, 0.15) is 6.07 Å². The zero-order valence-electron chi connectivity index (χ0n) is 8.34. The Morgan fingerprint density at radius 2 is 2.27 bits per heavy atom. The summed E-state index contributed by atoms with van der Waals surface area (Å²) in [4.78, 5) is 1.45. The Morgan fingerprint density at radius 1 is 1.60 bits per heavy atom. The van der Waals surface area contributed by atoms with Gasteiger partial charge in [0.05, 0.1) is 4.90 Å². The quantitative estimate of drug-likeness (QED) is 0.753. The zero-order valence-corrected chi connectivity index (χ0v) is 9.97. The first kappa shape index (κ1) is 11.8. The summed E-state index contributed by atoms with van der Waals surface area (Å²) >= 11 is 1.28. The molecule has 1 rings (SSSR count). The molecule has 0 bridgehead atoms. The second kappa shape index (κ2) is 4.47. The van der Waals surface area contributed by atoms with Crippen LogP contribution >= 0.6 is 11.3 Å². The number of nitriles is 1. The van der Waals surface area contributed by atoms with Gasteiger partial charge in [0.25, 0.3) is 0 Å². The van der Waals surface area contributed by atoms with Crippen LogP contribution in [0.4, 0.5) is 0 Å². The second-order valence-electron chi connectivity index (χ2n) is 3.03. The molecule has 0 spiro atoms. The minimum Gasteiger partial charge on any atom is -0.382 e. The summed E-state index contributed by atoms with van der Waals surface area (Å²) in [5.41, 5.74) is 0. The van der Waals surface area contributed by atoms with E-state index >= 15 is 0 Å². The minimum atomic E-state index is -3.63. The van der Waals surface area contributed by atoms with Crippen molar-refractivity contribution in [3.05, 3.63) is 27.9 Å². The van der Waals surface area contributed by atoms with Crippen molar-refractivity contribution in [2.24, 2.45) is 0 Å². The molecule has 0 amide bonds. The van der Waals surface area contributed by atoms with Gasteiger partial charge in [-0.1, -0.05) is 0 Å². The molecule has 1 aromatic rings. The van der Waals surface area contributed by atoms with Gasteiger partial charge in [-0.25, -0.2) is 8.42 Å². The maximum absolute atomic E-state index is 11.8. The van der Waals surface area contributed by atoms with Gasteiger partial charge >= 0.3 is 0 Å².